The first-order valence-corrected chi connectivity index (χ1v) is 14.7. The molecule has 0 aromatic heterocycles. The lowest BCUT2D eigenvalue weighted by Crippen LogP contribution is -2.40. The third-order valence-corrected chi connectivity index (χ3v) is 8.08. The van der Waals surface area contributed by atoms with Gasteiger partial charge in [-0.25, -0.2) is 0 Å². The van der Waals surface area contributed by atoms with E-state index in [0.717, 1.165) is 24.2 Å². The van der Waals surface area contributed by atoms with Crippen LogP contribution in [0.4, 0.5) is 0 Å². The third kappa shape index (κ3) is 14.2. The molecule has 7 nitrogen and oxygen atoms in total. The molecule has 35 heavy (non-hydrogen) atoms. The lowest BCUT2D eigenvalue weighted by Gasteiger charge is -2.30. The third-order valence-electron chi connectivity index (χ3n) is 8.08. The van der Waals surface area contributed by atoms with Gasteiger partial charge in [0.05, 0.1) is 6.42 Å². The van der Waals surface area contributed by atoms with Gasteiger partial charge in [0.2, 0.25) is 0 Å². The summed E-state index contributed by atoms with van der Waals surface area (Å²) < 4.78 is 0. The minimum absolute atomic E-state index is 0.532. The van der Waals surface area contributed by atoms with E-state index in [1.54, 1.807) is 0 Å². The van der Waals surface area contributed by atoms with Gasteiger partial charge in [0.25, 0.3) is 0 Å². The molecule has 0 radical (unpaired) electrons. The summed E-state index contributed by atoms with van der Waals surface area (Å²) in [5, 5.41) is 23.7. The van der Waals surface area contributed by atoms with Crippen molar-refractivity contribution < 1.29 is 19.8 Å². The van der Waals surface area contributed by atoms with E-state index in [1.807, 2.05) is 0 Å². The van der Waals surface area contributed by atoms with Crippen LogP contribution < -0.4 is 16.4 Å². The second-order valence-electron chi connectivity index (χ2n) is 11.2. The average Bonchev–Trinajstić information content (AvgIpc) is 2.87. The summed E-state index contributed by atoms with van der Waals surface area (Å²) in [5.41, 5.74) is 4.84. The summed E-state index contributed by atoms with van der Waals surface area (Å²) in [4.78, 5) is 19.6. The molecule has 4 aliphatic rings. The molecule has 4 fully saturated rings. The topological polar surface area (TPSA) is 125 Å². The van der Waals surface area contributed by atoms with Crippen LogP contribution >= 0.6 is 0 Å². The van der Waals surface area contributed by atoms with Crippen LogP contribution in [0.2, 0.25) is 0 Å². The predicted molar refractivity (Wildman–Crippen MR) is 142 cm³/mol. The zero-order valence-electron chi connectivity index (χ0n) is 22.0. The van der Waals surface area contributed by atoms with Gasteiger partial charge >= 0.3 is 11.9 Å². The zero-order valence-corrected chi connectivity index (χ0v) is 22.0. The molecule has 0 aliphatic heterocycles. The largest absolute Gasteiger partial charge is 0.481 e. The van der Waals surface area contributed by atoms with Crippen molar-refractivity contribution in [2.24, 2.45) is 5.73 Å². The average molecular weight is 496 g/mol. The summed E-state index contributed by atoms with van der Waals surface area (Å²) in [7, 11) is 0. The van der Waals surface area contributed by atoms with E-state index < -0.39 is 24.4 Å². The van der Waals surface area contributed by atoms with E-state index in [4.69, 9.17) is 15.9 Å². The van der Waals surface area contributed by atoms with E-state index in [-0.39, 0.29) is 0 Å². The first-order chi connectivity index (χ1) is 16.9. The first kappa shape index (κ1) is 30.0. The number of carbonyl (C=O) groups is 2. The van der Waals surface area contributed by atoms with Crippen LogP contribution in [-0.4, -0.2) is 52.4 Å². The van der Waals surface area contributed by atoms with Crippen LogP contribution in [0.3, 0.4) is 0 Å². The van der Waals surface area contributed by atoms with Gasteiger partial charge in [-0.3, -0.25) is 9.59 Å². The second kappa shape index (κ2) is 18.1. The fourth-order valence-electron chi connectivity index (χ4n) is 6.02. The van der Waals surface area contributed by atoms with Crippen molar-refractivity contribution in [2.45, 2.75) is 165 Å². The molecule has 0 saturated heterocycles. The van der Waals surface area contributed by atoms with Crippen molar-refractivity contribution in [1.29, 1.82) is 0 Å². The molecule has 4 rings (SSSR count). The molecule has 4 saturated carbocycles. The Morgan fingerprint density at radius 1 is 0.571 bits per heavy atom. The molecule has 204 valence electrons. The number of nitrogens with two attached hydrogens (primary N) is 1. The van der Waals surface area contributed by atoms with Gasteiger partial charge in [-0.1, -0.05) is 77.0 Å². The van der Waals surface area contributed by atoms with Crippen LogP contribution in [-0.2, 0) is 9.59 Å². The Morgan fingerprint density at radius 3 is 1.00 bits per heavy atom. The number of aliphatic carboxylic acids is 2. The van der Waals surface area contributed by atoms with Crippen molar-refractivity contribution in [3.8, 4) is 0 Å². The maximum absolute atomic E-state index is 9.85. The van der Waals surface area contributed by atoms with Gasteiger partial charge in [0, 0.05) is 24.2 Å². The number of carboxylic acids is 2. The van der Waals surface area contributed by atoms with Crippen LogP contribution in [0, 0.1) is 0 Å². The van der Waals surface area contributed by atoms with E-state index >= 15 is 0 Å². The van der Waals surface area contributed by atoms with Crippen LogP contribution in [0.25, 0.3) is 0 Å². The van der Waals surface area contributed by atoms with Crippen LogP contribution in [0.5, 0.6) is 0 Å². The van der Waals surface area contributed by atoms with Crippen molar-refractivity contribution in [3.63, 3.8) is 0 Å². The SMILES string of the molecule is C1CCC(NC2CCCCC2)CC1.C1CCC(NC2CCCCC2)CC1.NC(CC(=O)O)C(=O)O. The molecule has 0 spiro atoms. The lowest BCUT2D eigenvalue weighted by molar-refractivity contribution is -0.144. The highest BCUT2D eigenvalue weighted by Crippen LogP contribution is 2.23. The normalized spacial score (nSPS) is 23.8. The van der Waals surface area contributed by atoms with Crippen molar-refractivity contribution in [2.75, 3.05) is 0 Å². The molecular formula is C28H53N3O4. The second-order valence-corrected chi connectivity index (χ2v) is 11.2. The molecule has 0 aromatic carbocycles. The Morgan fingerprint density at radius 2 is 0.829 bits per heavy atom. The van der Waals surface area contributed by atoms with Crippen LogP contribution in [0.1, 0.15) is 135 Å². The Bertz CT molecular complexity index is 499. The van der Waals surface area contributed by atoms with Gasteiger partial charge in [-0.05, 0) is 51.4 Å². The molecular weight excluding hydrogens is 442 g/mol. The number of nitrogens with one attached hydrogen (secondary N) is 2. The van der Waals surface area contributed by atoms with Crippen molar-refractivity contribution in [1.82, 2.24) is 10.6 Å². The fourth-order valence-corrected chi connectivity index (χ4v) is 6.02. The molecule has 1 unspecified atom stereocenters. The Labute approximate surface area is 213 Å². The summed E-state index contributed by atoms with van der Waals surface area (Å²) in [5.74, 6) is -2.50. The molecule has 0 aromatic rings. The standard InChI is InChI=1S/2C12H23N.C4H7NO4/c2*1-3-7-11(8-4-1)13-12-9-5-2-6-10-12;5-2(4(8)9)1-3(6)7/h2*11-13H,1-10H2;2H,1,5H2,(H,6,7)(H,8,9). The quantitative estimate of drug-likeness (QED) is 0.322. The fraction of sp³-hybridized carbons (Fsp3) is 0.929. The van der Waals surface area contributed by atoms with Crippen molar-refractivity contribution >= 4 is 11.9 Å². The molecule has 0 amide bonds. The maximum atomic E-state index is 9.85. The van der Waals surface area contributed by atoms with E-state index in [0.29, 0.717) is 0 Å². The smallest absolute Gasteiger partial charge is 0.321 e. The minimum Gasteiger partial charge on any atom is -0.481 e. The molecule has 6 N–H and O–H groups in total. The van der Waals surface area contributed by atoms with Gasteiger partial charge in [-0.2, -0.15) is 0 Å². The minimum atomic E-state index is -1.29. The van der Waals surface area contributed by atoms with Gasteiger partial charge in [0.1, 0.15) is 6.04 Å². The zero-order chi connectivity index (χ0) is 25.3. The maximum Gasteiger partial charge on any atom is 0.321 e. The van der Waals surface area contributed by atoms with Gasteiger partial charge in [-0.15, -0.1) is 0 Å². The van der Waals surface area contributed by atoms with E-state index in [9.17, 15) is 9.59 Å². The number of hydrogen-bond donors (Lipinski definition) is 5. The summed E-state index contributed by atoms with van der Waals surface area (Å²) in [6.45, 7) is 0. The Hall–Kier alpha value is -1.18. The Balaban J connectivity index is 0.000000190. The molecule has 0 bridgehead atoms. The van der Waals surface area contributed by atoms with Crippen LogP contribution in [0.15, 0.2) is 0 Å². The first-order valence-electron chi connectivity index (χ1n) is 14.7. The summed E-state index contributed by atoms with van der Waals surface area (Å²) in [6, 6.07) is 2.20. The molecule has 4 aliphatic carbocycles. The molecule has 0 heterocycles. The highest BCUT2D eigenvalue weighted by Gasteiger charge is 2.20. The highest BCUT2D eigenvalue weighted by atomic mass is 16.4. The van der Waals surface area contributed by atoms with E-state index in [2.05, 4.69) is 10.6 Å². The Kier molecular flexibility index (Phi) is 15.6. The predicted octanol–water partition coefficient (Wildman–Crippen LogP) is 5.36. The summed E-state index contributed by atoms with van der Waals surface area (Å²) in [6.07, 6.45) is 28.6. The number of carboxylic acid groups (broad SMARTS) is 2. The van der Waals surface area contributed by atoms with E-state index in [1.165, 1.54) is 128 Å². The molecule has 1 atom stereocenters. The molecule has 7 heteroatoms. The number of rotatable bonds is 7. The monoisotopic (exact) mass is 495 g/mol. The lowest BCUT2D eigenvalue weighted by atomic mass is 9.91. The van der Waals surface area contributed by atoms with Crippen molar-refractivity contribution in [3.05, 3.63) is 0 Å². The summed E-state index contributed by atoms with van der Waals surface area (Å²) >= 11 is 0. The highest BCUT2D eigenvalue weighted by molar-refractivity contribution is 5.80. The number of hydrogen-bond acceptors (Lipinski definition) is 5. The van der Waals surface area contributed by atoms with Gasteiger partial charge < -0.3 is 26.6 Å². The van der Waals surface area contributed by atoms with Gasteiger partial charge in [0.15, 0.2) is 0 Å².